The lowest BCUT2D eigenvalue weighted by Gasteiger charge is -2.35. The highest BCUT2D eigenvalue weighted by Crippen LogP contribution is 2.19. The average molecular weight is 304 g/mol. The minimum atomic E-state index is -0.0854. The van der Waals surface area contributed by atoms with Gasteiger partial charge in [0.2, 0.25) is 0 Å². The van der Waals surface area contributed by atoms with E-state index in [1.165, 1.54) is 12.8 Å². The number of rotatable bonds is 2. The van der Waals surface area contributed by atoms with Gasteiger partial charge in [0.25, 0.3) is 0 Å². The van der Waals surface area contributed by atoms with Crippen LogP contribution in [0.5, 0.6) is 0 Å². The van der Waals surface area contributed by atoms with E-state index in [9.17, 15) is 4.79 Å². The van der Waals surface area contributed by atoms with Gasteiger partial charge in [-0.15, -0.1) is 0 Å². The number of amides is 2. The number of anilines is 2. The van der Waals surface area contributed by atoms with Crippen molar-refractivity contribution in [3.8, 4) is 0 Å². The van der Waals surface area contributed by atoms with Crippen LogP contribution in [0, 0.1) is 0 Å². The van der Waals surface area contributed by atoms with E-state index in [4.69, 9.17) is 4.74 Å². The van der Waals surface area contributed by atoms with Gasteiger partial charge in [0, 0.05) is 26.2 Å². The third-order valence-electron chi connectivity index (χ3n) is 4.14. The monoisotopic (exact) mass is 304 g/mol. The quantitative estimate of drug-likeness (QED) is 0.911. The molecule has 6 nitrogen and oxygen atoms in total. The fourth-order valence-electron chi connectivity index (χ4n) is 3.14. The van der Waals surface area contributed by atoms with Crippen LogP contribution in [0.3, 0.4) is 0 Å². The third-order valence-corrected chi connectivity index (χ3v) is 4.14. The van der Waals surface area contributed by atoms with Crippen LogP contribution >= 0.6 is 0 Å². The molecule has 0 saturated carbocycles. The molecule has 3 heterocycles. The van der Waals surface area contributed by atoms with Gasteiger partial charge in [0.1, 0.15) is 5.82 Å². The van der Waals surface area contributed by atoms with Gasteiger partial charge in [0.05, 0.1) is 24.1 Å². The molecule has 2 unspecified atom stereocenters. The van der Waals surface area contributed by atoms with E-state index in [1.54, 1.807) is 11.1 Å². The summed E-state index contributed by atoms with van der Waals surface area (Å²) in [7, 11) is 0. The van der Waals surface area contributed by atoms with Crippen LogP contribution in [0.1, 0.15) is 26.7 Å². The molecule has 120 valence electrons. The van der Waals surface area contributed by atoms with Gasteiger partial charge in [-0.3, -0.25) is 0 Å². The summed E-state index contributed by atoms with van der Waals surface area (Å²) in [5.74, 6) is 0.990. The average Bonchev–Trinajstić information content (AvgIpc) is 3.01. The summed E-state index contributed by atoms with van der Waals surface area (Å²) in [6.07, 6.45) is 4.34. The first-order valence-corrected chi connectivity index (χ1v) is 8.04. The molecule has 2 saturated heterocycles. The van der Waals surface area contributed by atoms with Crippen LogP contribution in [0.4, 0.5) is 16.3 Å². The molecule has 1 aromatic rings. The molecule has 6 heteroatoms. The summed E-state index contributed by atoms with van der Waals surface area (Å²) in [4.78, 5) is 20.9. The Morgan fingerprint density at radius 2 is 1.91 bits per heavy atom. The van der Waals surface area contributed by atoms with Crippen LogP contribution in [0.25, 0.3) is 0 Å². The lowest BCUT2D eigenvalue weighted by molar-refractivity contribution is -0.0530. The molecule has 0 radical (unpaired) electrons. The molecule has 2 fully saturated rings. The second-order valence-electron chi connectivity index (χ2n) is 6.19. The molecule has 2 atom stereocenters. The maximum absolute atomic E-state index is 12.3. The molecule has 1 N–H and O–H groups in total. The topological polar surface area (TPSA) is 57.7 Å². The first-order chi connectivity index (χ1) is 10.6. The fraction of sp³-hybridized carbons (Fsp3) is 0.625. The van der Waals surface area contributed by atoms with E-state index in [-0.39, 0.29) is 18.2 Å². The Morgan fingerprint density at radius 3 is 2.50 bits per heavy atom. The predicted octanol–water partition coefficient (Wildman–Crippen LogP) is 2.32. The molecule has 3 rings (SSSR count). The van der Waals surface area contributed by atoms with Gasteiger partial charge in [-0.1, -0.05) is 0 Å². The minimum absolute atomic E-state index is 0.0742. The van der Waals surface area contributed by atoms with Gasteiger partial charge < -0.3 is 19.9 Å². The molecule has 2 amide bonds. The lowest BCUT2D eigenvalue weighted by atomic mass is 10.2. The van der Waals surface area contributed by atoms with Crippen molar-refractivity contribution in [3.63, 3.8) is 0 Å². The molecule has 0 aliphatic carbocycles. The van der Waals surface area contributed by atoms with Gasteiger partial charge in [-0.05, 0) is 38.8 Å². The summed E-state index contributed by atoms with van der Waals surface area (Å²) in [6, 6.07) is 3.81. The number of carbonyl (C=O) groups is 1. The normalized spacial score (nSPS) is 25.4. The largest absolute Gasteiger partial charge is 0.372 e. The van der Waals surface area contributed by atoms with Crippen LogP contribution in [0.2, 0.25) is 0 Å². The van der Waals surface area contributed by atoms with Crippen LogP contribution in [-0.2, 0) is 4.74 Å². The van der Waals surface area contributed by atoms with Crippen LogP contribution < -0.4 is 10.2 Å². The molecule has 22 heavy (non-hydrogen) atoms. The van der Waals surface area contributed by atoms with Gasteiger partial charge in [-0.2, -0.15) is 0 Å². The molecular formula is C16H24N4O2. The number of carbonyl (C=O) groups excluding carboxylic acids is 1. The van der Waals surface area contributed by atoms with Crippen molar-refractivity contribution in [2.24, 2.45) is 0 Å². The Bertz CT molecular complexity index is 503. The summed E-state index contributed by atoms with van der Waals surface area (Å²) in [5, 5.41) is 2.92. The highest BCUT2D eigenvalue weighted by molar-refractivity contribution is 5.89. The van der Waals surface area contributed by atoms with Crippen molar-refractivity contribution in [2.75, 3.05) is 36.4 Å². The van der Waals surface area contributed by atoms with Crippen molar-refractivity contribution in [3.05, 3.63) is 18.3 Å². The Morgan fingerprint density at radius 1 is 1.23 bits per heavy atom. The minimum Gasteiger partial charge on any atom is -0.372 e. The number of hydrogen-bond donors (Lipinski definition) is 1. The Labute approximate surface area is 131 Å². The molecule has 0 aromatic carbocycles. The highest BCUT2D eigenvalue weighted by atomic mass is 16.5. The van der Waals surface area contributed by atoms with Crippen molar-refractivity contribution >= 4 is 17.5 Å². The van der Waals surface area contributed by atoms with Crippen molar-refractivity contribution < 1.29 is 9.53 Å². The van der Waals surface area contributed by atoms with Gasteiger partial charge in [-0.25, -0.2) is 9.78 Å². The van der Waals surface area contributed by atoms with E-state index in [0.29, 0.717) is 13.1 Å². The number of aromatic nitrogens is 1. The second kappa shape index (κ2) is 6.52. The van der Waals surface area contributed by atoms with Crippen molar-refractivity contribution in [2.45, 2.75) is 38.9 Å². The first kappa shape index (κ1) is 15.1. The number of morpholine rings is 1. The van der Waals surface area contributed by atoms with E-state index in [2.05, 4.69) is 15.2 Å². The van der Waals surface area contributed by atoms with E-state index in [0.717, 1.165) is 24.6 Å². The number of urea groups is 1. The smallest absolute Gasteiger partial charge is 0.322 e. The van der Waals surface area contributed by atoms with E-state index < -0.39 is 0 Å². The zero-order valence-corrected chi connectivity index (χ0v) is 13.3. The molecule has 0 bridgehead atoms. The Balaban J connectivity index is 1.59. The third kappa shape index (κ3) is 3.50. The van der Waals surface area contributed by atoms with Crippen molar-refractivity contribution in [1.82, 2.24) is 9.88 Å². The number of nitrogens with one attached hydrogen (secondary N) is 1. The van der Waals surface area contributed by atoms with Crippen LogP contribution in [-0.4, -0.2) is 54.3 Å². The summed E-state index contributed by atoms with van der Waals surface area (Å²) < 4.78 is 5.65. The number of nitrogens with zero attached hydrogens (tertiary/aromatic N) is 3. The Hall–Kier alpha value is -1.82. The predicted molar refractivity (Wildman–Crippen MR) is 86.3 cm³/mol. The molecule has 0 spiro atoms. The number of hydrogen-bond acceptors (Lipinski definition) is 4. The maximum atomic E-state index is 12.3. The summed E-state index contributed by atoms with van der Waals surface area (Å²) >= 11 is 0. The second-order valence-corrected chi connectivity index (χ2v) is 6.19. The van der Waals surface area contributed by atoms with E-state index in [1.807, 2.05) is 26.0 Å². The summed E-state index contributed by atoms with van der Waals surface area (Å²) in [5.41, 5.74) is 0.736. The van der Waals surface area contributed by atoms with E-state index >= 15 is 0 Å². The Kier molecular flexibility index (Phi) is 4.47. The van der Waals surface area contributed by atoms with Gasteiger partial charge in [0.15, 0.2) is 0 Å². The lowest BCUT2D eigenvalue weighted by Crippen LogP contribution is -2.49. The molecule has 1 aromatic heterocycles. The molecule has 2 aliphatic heterocycles. The summed E-state index contributed by atoms with van der Waals surface area (Å²) in [6.45, 7) is 7.36. The standard InChI is InChI=1S/C16H24N4O2/c1-12-10-20(11-13(2)22-12)16(21)18-14-5-6-15(17-9-14)19-7-3-4-8-19/h5-6,9,12-13H,3-4,7-8,10-11H2,1-2H3,(H,18,21). The first-order valence-electron chi connectivity index (χ1n) is 8.04. The van der Waals surface area contributed by atoms with Crippen LogP contribution in [0.15, 0.2) is 18.3 Å². The fourth-order valence-corrected chi connectivity index (χ4v) is 3.14. The zero-order valence-electron chi connectivity index (χ0n) is 13.3. The molecule has 2 aliphatic rings. The van der Waals surface area contributed by atoms with Gasteiger partial charge >= 0.3 is 6.03 Å². The zero-order chi connectivity index (χ0) is 15.5. The van der Waals surface area contributed by atoms with Crippen molar-refractivity contribution in [1.29, 1.82) is 0 Å². The SMILES string of the molecule is CC1CN(C(=O)Nc2ccc(N3CCCC3)nc2)CC(C)O1. The number of pyridine rings is 1. The molecular weight excluding hydrogens is 280 g/mol. The number of ether oxygens (including phenoxy) is 1. The highest BCUT2D eigenvalue weighted by Gasteiger charge is 2.25. The maximum Gasteiger partial charge on any atom is 0.322 e.